The van der Waals surface area contributed by atoms with Gasteiger partial charge in [0, 0.05) is 18.2 Å². The van der Waals surface area contributed by atoms with Gasteiger partial charge < -0.3 is 110 Å². The second kappa shape index (κ2) is 22.2. The van der Waals surface area contributed by atoms with Crippen LogP contribution in [0.15, 0.2) is 47.4 Å². The van der Waals surface area contributed by atoms with Crippen LogP contribution in [0.2, 0.25) is 0 Å². The second-order valence-corrected chi connectivity index (χ2v) is 30.8. The number of aromatic nitrogens is 14. The topological polar surface area (TPSA) is 493 Å². The van der Waals surface area contributed by atoms with Crippen LogP contribution in [-0.4, -0.2) is 177 Å². The number of hydrogen-bond donors (Lipinski definition) is 6. The van der Waals surface area contributed by atoms with E-state index in [1.165, 1.54) is 53.9 Å². The number of imidazole rings is 3. The highest BCUT2D eigenvalue weighted by Crippen LogP contribution is 2.62. The van der Waals surface area contributed by atoms with Gasteiger partial charge in [0.2, 0.25) is 5.95 Å². The van der Waals surface area contributed by atoms with E-state index in [1.807, 2.05) is 6.92 Å². The number of nitrogens with one attached hydrogen (secondary N) is 1. The van der Waals surface area contributed by atoms with Crippen LogP contribution in [0.25, 0.3) is 33.5 Å². The first-order valence-electron chi connectivity index (χ1n) is 27.8. The number of anilines is 4. The summed E-state index contributed by atoms with van der Waals surface area (Å²) in [6.45, 7) is -8.45. The number of ether oxygens (including phenoxy) is 7. The van der Waals surface area contributed by atoms with Gasteiger partial charge in [0.25, 0.3) is 5.56 Å². The van der Waals surface area contributed by atoms with E-state index in [0.717, 1.165) is 4.57 Å². The molecule has 0 saturated carbocycles. The number of nitrogens with two attached hydrogens (primary N) is 4. The van der Waals surface area contributed by atoms with Crippen molar-refractivity contribution in [2.75, 3.05) is 42.8 Å². The van der Waals surface area contributed by atoms with Crippen molar-refractivity contribution in [1.82, 2.24) is 68.1 Å². The Balaban J connectivity index is 0.736. The van der Waals surface area contributed by atoms with Crippen molar-refractivity contribution in [3.63, 3.8) is 0 Å². The van der Waals surface area contributed by atoms with Gasteiger partial charge in [-0.15, -0.1) is 0 Å². The van der Waals surface area contributed by atoms with Crippen molar-refractivity contribution in [2.45, 2.75) is 156 Å². The van der Waals surface area contributed by atoms with Gasteiger partial charge in [-0.2, -0.15) is 9.97 Å². The smallest absolute Gasteiger partial charge is 0.351 e. The molecule has 90 heavy (non-hydrogen) atoms. The van der Waals surface area contributed by atoms with Gasteiger partial charge in [0.1, 0.15) is 103 Å². The molecule has 6 unspecified atom stereocenters. The number of hydrogen-bond acceptors (Lipinski definition) is 35. The number of fused-ring (bicyclic) bond motifs is 9. The standard InChI is InChI=1S/C47H59N18O19P3S3/c1-6-21-22(7-23(78-21)63-14-56-24-34(49)52-12-54-36(24)63)82-85(69,88)73-10-47-20(5)77-29(42(81-47)65-16-58-26-38(65)60-43(51)61-39(26)67)32(47)84-87(71,90)74-11-46-19(4)76-28(41(80-46)62-8-17(2)33(48)59-44(62)68)31(46)83-86(70,89)72-9-45-18(3)75-27(30(45)66)40(79-45)64-15-57-25-35(50)53-13-55-37(25)64/h8,12-16,18-23,27-32,40-42,66H,6-7,9-11H2,1-5H3,(H,69,88)(H,70,89)(H,71,90)(H2,48,59,68)(H2,49,52,54)(H2,50,53,55)(H3,51,60,61,67)/p-3/t18-,19-,20-,21+,22+,23+,27?,28?,29?,30+,31+,32+,40+,41+,42+,45-,46-,47-,85?,86?,87?/m0/s1. The Hall–Kier alpha value is -5.23. The molecule has 6 bridgehead atoms. The molecule has 43 heteroatoms. The summed E-state index contributed by atoms with van der Waals surface area (Å²) in [5.41, 5.74) is 18.3. The molecule has 7 aromatic rings. The van der Waals surface area contributed by atoms with E-state index < -0.39 is 160 Å². The molecule has 37 nitrogen and oxygen atoms in total. The van der Waals surface area contributed by atoms with Gasteiger partial charge >= 0.3 is 5.69 Å². The second-order valence-electron chi connectivity index (χ2n) is 22.6. The highest BCUT2D eigenvalue weighted by molar-refractivity contribution is 8.32. The third kappa shape index (κ3) is 10.0. The van der Waals surface area contributed by atoms with Gasteiger partial charge in [-0.3, -0.25) is 32.6 Å². The molecule has 14 heterocycles. The number of nitrogens with zero attached hydrogens (tertiary/aromatic N) is 13. The summed E-state index contributed by atoms with van der Waals surface area (Å²) < 4.78 is 103. The lowest BCUT2D eigenvalue weighted by atomic mass is 9.94. The number of aliphatic hydroxyl groups is 1. The lowest BCUT2D eigenvalue weighted by Crippen LogP contribution is -2.52. The van der Waals surface area contributed by atoms with Crippen molar-refractivity contribution in [3.8, 4) is 0 Å². The molecule has 0 aromatic carbocycles. The molecule has 0 spiro atoms. The number of aryl methyl sites for hydroxylation is 1. The summed E-state index contributed by atoms with van der Waals surface area (Å²) >= 11 is 16.8. The zero-order valence-corrected chi connectivity index (χ0v) is 52.8. The predicted octanol–water partition coefficient (Wildman–Crippen LogP) is -1.05. The number of nitrogen functional groups attached to an aromatic ring is 4. The Kier molecular flexibility index (Phi) is 15.4. The van der Waals surface area contributed by atoms with Gasteiger partial charge in [-0.25, -0.2) is 39.7 Å². The fraction of sp³-hybridized carbons (Fsp3) is 0.596. The summed E-state index contributed by atoms with van der Waals surface area (Å²) in [4.78, 5) is 95.9. The Labute approximate surface area is 521 Å². The minimum atomic E-state index is -4.98. The van der Waals surface area contributed by atoms with Crippen LogP contribution < -0.4 is 44.0 Å². The normalized spacial score (nSPS) is 36.4. The first-order chi connectivity index (χ1) is 42.7. The molecular weight excluding hydrogens is 1310 g/mol. The fourth-order valence-corrected chi connectivity index (χ4v) is 17.3. The largest absolute Gasteiger partial charge is 0.780 e. The predicted molar refractivity (Wildman–Crippen MR) is 312 cm³/mol. The van der Waals surface area contributed by atoms with Crippen LogP contribution in [0.5, 0.6) is 0 Å². The van der Waals surface area contributed by atoms with Crippen LogP contribution in [-0.2, 0) is 101 Å². The quantitative estimate of drug-likeness (QED) is 0.0391. The number of aliphatic hydroxyl groups excluding tert-OH is 1. The molecule has 0 amide bonds. The van der Waals surface area contributed by atoms with Crippen molar-refractivity contribution in [1.29, 1.82) is 0 Å². The lowest BCUT2D eigenvalue weighted by molar-refractivity contribution is -0.239. The molecule has 7 fully saturated rings. The van der Waals surface area contributed by atoms with Gasteiger partial charge in [0.05, 0.1) is 69.3 Å². The lowest BCUT2D eigenvalue weighted by Gasteiger charge is -2.42. The average molecular weight is 1370 g/mol. The molecule has 7 aliphatic rings. The van der Waals surface area contributed by atoms with Crippen LogP contribution >= 0.6 is 20.2 Å². The molecule has 0 aliphatic carbocycles. The summed E-state index contributed by atoms with van der Waals surface area (Å²) in [5.74, 6) is -0.0792. The SMILES string of the molecule is CC[C@H]1O[C@@H](n2cnc3c(N)ncnc32)C[C@H]1OP([O-])(=S)OC[C@]12O[C@@H](n3cnc4c(=O)[nH]c(N)nc43)C(O[C@H]1C)[C@H]2OP(=O)([S-])OC[C@]12O[C@@H](n3cc(C)c(N)nc3=O)C(O[C@H]1C)[C@H]2OP([O-])(=S)OC[C@]12O[C@@H](n3cnc4c(N)ncnc43)C(O[C@H]1C)[C@H]2O. The van der Waals surface area contributed by atoms with E-state index in [4.69, 9.17) is 119 Å². The molecule has 0 radical (unpaired) electrons. The zero-order valence-electron chi connectivity index (χ0n) is 47.6. The number of H-pyrrole nitrogens is 1. The number of aromatic amines is 1. The average Bonchev–Trinajstić information content (AvgIpc) is 1.56. The van der Waals surface area contributed by atoms with E-state index in [9.17, 15) is 24.5 Å². The fourth-order valence-electron chi connectivity index (χ4n) is 12.9. The zero-order chi connectivity index (χ0) is 63.5. The van der Waals surface area contributed by atoms with Crippen molar-refractivity contribution in [2.24, 2.45) is 0 Å². The van der Waals surface area contributed by atoms with E-state index in [1.54, 1.807) is 25.3 Å². The van der Waals surface area contributed by atoms with E-state index in [-0.39, 0.29) is 52.2 Å². The molecule has 21 atom stereocenters. The third-order valence-electron chi connectivity index (χ3n) is 17.6. The Morgan fingerprint density at radius 3 is 1.83 bits per heavy atom. The Morgan fingerprint density at radius 2 is 1.19 bits per heavy atom. The van der Waals surface area contributed by atoms with Crippen LogP contribution in [0.3, 0.4) is 0 Å². The highest BCUT2D eigenvalue weighted by atomic mass is 32.7. The van der Waals surface area contributed by atoms with E-state index >= 15 is 4.57 Å². The molecule has 14 rings (SSSR count). The summed E-state index contributed by atoms with van der Waals surface area (Å²) in [6, 6.07) is 0. The van der Waals surface area contributed by atoms with Crippen molar-refractivity contribution < 1.29 is 79.8 Å². The maximum Gasteiger partial charge on any atom is 0.351 e. The van der Waals surface area contributed by atoms with Crippen LogP contribution in [0.1, 0.15) is 71.0 Å². The molecule has 7 aliphatic heterocycles. The molecule has 7 aromatic heterocycles. The minimum absolute atomic E-state index is 0.0524. The van der Waals surface area contributed by atoms with Crippen LogP contribution in [0.4, 0.5) is 23.4 Å². The van der Waals surface area contributed by atoms with Gasteiger partial charge in [-0.05, 0) is 34.1 Å². The van der Waals surface area contributed by atoms with E-state index in [2.05, 4.69) is 49.8 Å². The highest BCUT2D eigenvalue weighted by Gasteiger charge is 2.71. The number of rotatable bonds is 20. The van der Waals surface area contributed by atoms with Crippen LogP contribution in [0, 0.1) is 6.92 Å². The monoisotopic (exact) mass is 1370 g/mol. The van der Waals surface area contributed by atoms with Crippen molar-refractivity contribution >= 4 is 113 Å². The van der Waals surface area contributed by atoms with Crippen molar-refractivity contribution in [3.05, 3.63) is 64.2 Å². The Morgan fingerprint density at radius 1 is 0.678 bits per heavy atom. The Bertz CT molecular complexity index is 4310. The molecular formula is C47H56N18O19P3S3-3. The summed E-state index contributed by atoms with van der Waals surface area (Å²) in [5, 5.41) is 11.7. The summed E-state index contributed by atoms with van der Waals surface area (Å²) in [7, 11) is 0. The maximum absolute atomic E-state index is 15.2. The third-order valence-corrected chi connectivity index (χ3v) is 22.2. The maximum atomic E-state index is 15.2. The van der Waals surface area contributed by atoms with E-state index in [0.29, 0.717) is 23.1 Å². The molecule has 484 valence electrons. The first kappa shape index (κ1) is 62.2. The minimum Gasteiger partial charge on any atom is -0.780 e. The molecule has 10 N–H and O–H groups in total. The van der Waals surface area contributed by atoms with Gasteiger partial charge in [-0.1, -0.05) is 30.5 Å². The summed E-state index contributed by atoms with van der Waals surface area (Å²) in [6.07, 6.45) is -8.76. The van der Waals surface area contributed by atoms with Gasteiger partial charge in [0.15, 0.2) is 59.6 Å². The first-order valence-corrected chi connectivity index (χ1v) is 35.5. The molecule has 7 saturated heterocycles.